The Morgan fingerprint density at radius 1 is 1.44 bits per heavy atom. The lowest BCUT2D eigenvalue weighted by molar-refractivity contribution is -0.185. The third-order valence-electron chi connectivity index (χ3n) is 2.69. The molecule has 1 aromatic heterocycles. The lowest BCUT2D eigenvalue weighted by Crippen LogP contribution is -2.09. The highest BCUT2D eigenvalue weighted by molar-refractivity contribution is 5.84. The van der Waals surface area contributed by atoms with Crippen LogP contribution in [0.5, 0.6) is 0 Å². The third-order valence-corrected chi connectivity index (χ3v) is 2.69. The predicted molar refractivity (Wildman–Crippen MR) is 58.7 cm³/mol. The fourth-order valence-corrected chi connectivity index (χ4v) is 1.70. The number of hydrogen-bond acceptors (Lipinski definition) is 2. The summed E-state index contributed by atoms with van der Waals surface area (Å²) in [4.78, 5) is 17.3. The van der Waals surface area contributed by atoms with Crippen molar-refractivity contribution in [3.8, 4) is 0 Å². The van der Waals surface area contributed by atoms with E-state index in [1.807, 2.05) is 31.2 Å². The summed E-state index contributed by atoms with van der Waals surface area (Å²) in [6.07, 6.45) is 0. The number of aromatic nitrogens is 1. The minimum absolute atomic E-state index is 0.627. The van der Waals surface area contributed by atoms with Crippen LogP contribution in [0.25, 0.3) is 10.9 Å². The van der Waals surface area contributed by atoms with Gasteiger partial charge in [0.2, 0.25) is 0 Å². The van der Waals surface area contributed by atoms with Gasteiger partial charge in [-0.3, -0.25) is 4.94 Å². The van der Waals surface area contributed by atoms with Crippen LogP contribution in [0, 0.1) is 6.92 Å². The molecule has 1 unspecified atom stereocenters. The van der Waals surface area contributed by atoms with Crippen molar-refractivity contribution in [1.82, 2.24) is 4.98 Å². The summed E-state index contributed by atoms with van der Waals surface area (Å²) >= 11 is 0. The van der Waals surface area contributed by atoms with Crippen LogP contribution < -0.4 is 0 Å². The number of carbonyl (C=O) groups excluding carboxylic acids is 1. The number of aromatic amines is 1. The zero-order chi connectivity index (χ0) is 11.7. The van der Waals surface area contributed by atoms with Gasteiger partial charge in [0.15, 0.2) is 0 Å². The van der Waals surface area contributed by atoms with Gasteiger partial charge in [0.1, 0.15) is 0 Å². The van der Waals surface area contributed by atoms with Gasteiger partial charge in [0.25, 0.3) is 0 Å². The molecule has 0 bridgehead atoms. The summed E-state index contributed by atoms with van der Waals surface area (Å²) in [7, 11) is 0. The first-order valence-corrected chi connectivity index (χ1v) is 5.03. The molecule has 1 N–H and O–H groups in total. The van der Waals surface area contributed by atoms with Crippen molar-refractivity contribution in [2.24, 2.45) is 0 Å². The van der Waals surface area contributed by atoms with Crippen molar-refractivity contribution < 1.29 is 14.3 Å². The molecule has 1 heterocycles. The third kappa shape index (κ3) is 1.78. The van der Waals surface area contributed by atoms with E-state index in [9.17, 15) is 9.32 Å². The van der Waals surface area contributed by atoms with Gasteiger partial charge >= 0.3 is 5.97 Å². The Morgan fingerprint density at radius 3 is 2.88 bits per heavy atom. The molecule has 0 spiro atoms. The molecule has 0 amide bonds. The maximum Gasteiger partial charge on any atom is 0.357 e. The summed E-state index contributed by atoms with van der Waals surface area (Å²) in [5, 5.41) is 1.01. The second-order valence-corrected chi connectivity index (χ2v) is 3.93. The SMILES string of the molecule is Cc1ccc2[nH]c(C(C)C(=O)OF)cc2c1. The molecule has 4 heteroatoms. The second kappa shape index (κ2) is 3.96. The second-order valence-electron chi connectivity index (χ2n) is 3.93. The number of halogens is 1. The molecule has 16 heavy (non-hydrogen) atoms. The molecule has 0 fully saturated rings. The molecule has 0 aliphatic carbocycles. The number of carbonyl (C=O) groups is 1. The first-order chi connectivity index (χ1) is 7.61. The Morgan fingerprint density at radius 2 is 2.19 bits per heavy atom. The molecular weight excluding hydrogens is 209 g/mol. The Bertz CT molecular complexity index is 533. The van der Waals surface area contributed by atoms with Crippen LogP contribution in [-0.4, -0.2) is 11.0 Å². The van der Waals surface area contributed by atoms with E-state index in [0.29, 0.717) is 5.69 Å². The van der Waals surface area contributed by atoms with E-state index >= 15 is 0 Å². The van der Waals surface area contributed by atoms with Crippen molar-refractivity contribution >= 4 is 16.9 Å². The fourth-order valence-electron chi connectivity index (χ4n) is 1.70. The standard InChI is InChI=1S/C12H12FNO2/c1-7-3-4-10-9(5-7)6-11(14-10)8(2)12(15)16-13/h3-6,8,14H,1-2H3. The lowest BCUT2D eigenvalue weighted by Gasteiger charge is -2.02. The molecule has 2 rings (SSSR count). The number of nitrogens with one attached hydrogen (secondary N) is 1. The van der Waals surface area contributed by atoms with Crippen LogP contribution in [0.3, 0.4) is 0 Å². The molecule has 1 atom stereocenters. The van der Waals surface area contributed by atoms with Crippen LogP contribution in [0.1, 0.15) is 24.1 Å². The van der Waals surface area contributed by atoms with Crippen molar-refractivity contribution in [1.29, 1.82) is 0 Å². The Kier molecular flexibility index (Phi) is 2.64. The summed E-state index contributed by atoms with van der Waals surface area (Å²) in [5.41, 5.74) is 2.72. The topological polar surface area (TPSA) is 42.1 Å². The van der Waals surface area contributed by atoms with Gasteiger partial charge in [-0.1, -0.05) is 11.6 Å². The van der Waals surface area contributed by atoms with Crippen LogP contribution in [-0.2, 0) is 9.74 Å². The van der Waals surface area contributed by atoms with E-state index < -0.39 is 11.9 Å². The summed E-state index contributed by atoms with van der Waals surface area (Å²) in [6.45, 7) is 3.59. The number of benzene rings is 1. The average molecular weight is 221 g/mol. The zero-order valence-electron chi connectivity index (χ0n) is 9.08. The molecule has 0 aliphatic rings. The van der Waals surface area contributed by atoms with Gasteiger partial charge in [-0.15, -0.1) is 0 Å². The maximum atomic E-state index is 11.8. The minimum atomic E-state index is -0.886. The normalized spacial score (nSPS) is 12.7. The van der Waals surface area contributed by atoms with Gasteiger partial charge in [-0.2, -0.15) is 0 Å². The molecule has 0 radical (unpaired) electrons. The molecule has 0 saturated heterocycles. The van der Waals surface area contributed by atoms with E-state index in [1.54, 1.807) is 6.92 Å². The highest BCUT2D eigenvalue weighted by atomic mass is 19.3. The van der Waals surface area contributed by atoms with Crippen LogP contribution in [0.15, 0.2) is 24.3 Å². The van der Waals surface area contributed by atoms with E-state index in [1.165, 1.54) is 0 Å². The monoisotopic (exact) mass is 221 g/mol. The van der Waals surface area contributed by atoms with E-state index in [4.69, 9.17) is 0 Å². The molecule has 1 aromatic carbocycles. The summed E-state index contributed by atoms with van der Waals surface area (Å²) < 4.78 is 11.8. The average Bonchev–Trinajstić information content (AvgIpc) is 2.69. The van der Waals surface area contributed by atoms with Crippen LogP contribution in [0.4, 0.5) is 4.53 Å². The highest BCUT2D eigenvalue weighted by Gasteiger charge is 2.19. The lowest BCUT2D eigenvalue weighted by atomic mass is 10.1. The minimum Gasteiger partial charge on any atom is -0.358 e. The molecule has 84 valence electrons. The first-order valence-electron chi connectivity index (χ1n) is 5.03. The first kappa shape index (κ1) is 10.7. The molecule has 3 nitrogen and oxygen atoms in total. The van der Waals surface area contributed by atoms with Gasteiger partial charge in [-0.25, -0.2) is 4.79 Å². The quantitative estimate of drug-likeness (QED) is 0.846. The number of aryl methyl sites for hydroxylation is 1. The number of rotatable bonds is 2. The predicted octanol–water partition coefficient (Wildman–Crippen LogP) is 3.01. The largest absolute Gasteiger partial charge is 0.358 e. The zero-order valence-corrected chi connectivity index (χ0v) is 9.08. The summed E-state index contributed by atoms with van der Waals surface area (Å²) in [6, 6.07) is 7.75. The Hall–Kier alpha value is -1.84. The molecular formula is C12H12FNO2. The van der Waals surface area contributed by atoms with Gasteiger partial charge in [0.05, 0.1) is 5.92 Å². The van der Waals surface area contributed by atoms with Crippen molar-refractivity contribution in [3.05, 3.63) is 35.5 Å². The Labute approximate surface area is 92.1 Å². The van der Waals surface area contributed by atoms with Crippen molar-refractivity contribution in [2.45, 2.75) is 19.8 Å². The van der Waals surface area contributed by atoms with Crippen LogP contribution >= 0.6 is 0 Å². The Balaban J connectivity index is 2.43. The molecule has 2 aromatic rings. The van der Waals surface area contributed by atoms with Crippen molar-refractivity contribution in [3.63, 3.8) is 0 Å². The highest BCUT2D eigenvalue weighted by Crippen LogP contribution is 2.23. The van der Waals surface area contributed by atoms with E-state index in [2.05, 4.69) is 9.93 Å². The van der Waals surface area contributed by atoms with Crippen LogP contribution in [0.2, 0.25) is 0 Å². The van der Waals surface area contributed by atoms with Crippen molar-refractivity contribution in [2.75, 3.05) is 0 Å². The fraction of sp³-hybridized carbons (Fsp3) is 0.250. The summed E-state index contributed by atoms with van der Waals surface area (Å²) in [5.74, 6) is -1.51. The number of fused-ring (bicyclic) bond motifs is 1. The van der Waals surface area contributed by atoms with Gasteiger partial charge in [0, 0.05) is 15.7 Å². The molecule has 0 aliphatic heterocycles. The number of hydrogen-bond donors (Lipinski definition) is 1. The van der Waals surface area contributed by atoms with Gasteiger partial charge in [-0.05, 0) is 37.4 Å². The number of H-pyrrole nitrogens is 1. The smallest absolute Gasteiger partial charge is 0.357 e. The maximum absolute atomic E-state index is 11.8. The van der Waals surface area contributed by atoms with Gasteiger partial charge < -0.3 is 4.98 Å². The van der Waals surface area contributed by atoms with E-state index in [0.717, 1.165) is 16.5 Å². The molecule has 0 saturated carbocycles. The van der Waals surface area contributed by atoms with E-state index in [-0.39, 0.29) is 0 Å².